The lowest BCUT2D eigenvalue weighted by Gasteiger charge is -2.01. The Hall–Kier alpha value is -0.660. The van der Waals surface area contributed by atoms with Gasteiger partial charge in [-0.1, -0.05) is 0 Å². The van der Waals surface area contributed by atoms with E-state index in [1.54, 1.807) is 0 Å². The van der Waals surface area contributed by atoms with E-state index in [9.17, 15) is 8.42 Å². The summed E-state index contributed by atoms with van der Waals surface area (Å²) in [5, 5.41) is 4.70. The second-order valence-corrected chi connectivity index (χ2v) is 3.13. The highest BCUT2D eigenvalue weighted by molar-refractivity contribution is 7.89. The highest BCUT2D eigenvalue weighted by Gasteiger charge is 2.20. The van der Waals surface area contributed by atoms with E-state index in [2.05, 4.69) is 15.8 Å². The Morgan fingerprint density at radius 3 is 2.56 bits per heavy atom. The first-order valence-electron chi connectivity index (χ1n) is 2.15. The average molecular weight is 150 g/mol. The van der Waals surface area contributed by atoms with Crippen molar-refractivity contribution < 1.29 is 8.42 Å². The molecule has 7 heteroatoms. The molecule has 0 aromatic carbocycles. The van der Waals surface area contributed by atoms with Crippen LogP contribution in [-0.4, -0.2) is 20.3 Å². The van der Waals surface area contributed by atoms with E-state index in [1.807, 2.05) is 0 Å². The fourth-order valence-electron chi connectivity index (χ4n) is 0.418. The Morgan fingerprint density at radius 2 is 2.33 bits per heavy atom. The lowest BCUT2D eigenvalue weighted by molar-refractivity contribution is 0.561. The number of nitrogens with zero attached hydrogens (tertiary/aromatic N) is 1. The first kappa shape index (κ1) is 6.46. The van der Waals surface area contributed by atoms with E-state index in [1.165, 1.54) is 6.34 Å². The van der Waals surface area contributed by atoms with Crippen molar-refractivity contribution in [2.45, 2.75) is 5.50 Å². The summed E-state index contributed by atoms with van der Waals surface area (Å²) in [6.45, 7) is 0. The highest BCUT2D eigenvalue weighted by atomic mass is 32.2. The Bertz CT molecular complexity index is 219. The number of hydrogen-bond acceptors (Lipinski definition) is 5. The average Bonchev–Trinajstić information content (AvgIpc) is 2.08. The predicted octanol–water partition coefficient (Wildman–Crippen LogP) is -2.31. The Balaban J connectivity index is 2.76. The van der Waals surface area contributed by atoms with Gasteiger partial charge in [-0.3, -0.25) is 0 Å². The molecule has 0 saturated carbocycles. The van der Waals surface area contributed by atoms with E-state index >= 15 is 0 Å². The molecule has 0 fully saturated rings. The van der Waals surface area contributed by atoms with Crippen LogP contribution in [0.1, 0.15) is 0 Å². The van der Waals surface area contributed by atoms with Crippen LogP contribution in [0.25, 0.3) is 0 Å². The molecule has 1 aliphatic rings. The van der Waals surface area contributed by atoms with Gasteiger partial charge < -0.3 is 5.43 Å². The maximum Gasteiger partial charge on any atom is 0.247 e. The molecule has 0 saturated heterocycles. The molecule has 0 spiro atoms. The first-order chi connectivity index (χ1) is 4.11. The highest BCUT2D eigenvalue weighted by Crippen LogP contribution is 1.92. The van der Waals surface area contributed by atoms with E-state index in [4.69, 9.17) is 5.14 Å². The van der Waals surface area contributed by atoms with Crippen LogP contribution in [0.4, 0.5) is 0 Å². The quantitative estimate of drug-likeness (QED) is 0.391. The van der Waals surface area contributed by atoms with Gasteiger partial charge in [0.2, 0.25) is 15.5 Å². The van der Waals surface area contributed by atoms with Gasteiger partial charge in [0.25, 0.3) is 0 Å². The molecule has 1 aliphatic heterocycles. The molecule has 0 bridgehead atoms. The summed E-state index contributed by atoms with van der Waals surface area (Å²) in [5.74, 6) is 0. The van der Waals surface area contributed by atoms with Crippen molar-refractivity contribution in [1.82, 2.24) is 10.9 Å². The van der Waals surface area contributed by atoms with Crippen LogP contribution in [0, 0.1) is 0 Å². The fraction of sp³-hybridized carbons (Fsp3) is 0.500. The van der Waals surface area contributed by atoms with Crippen LogP contribution < -0.4 is 16.0 Å². The Morgan fingerprint density at radius 1 is 1.67 bits per heavy atom. The summed E-state index contributed by atoms with van der Waals surface area (Å²) < 4.78 is 20.8. The number of hydrazine groups is 1. The summed E-state index contributed by atoms with van der Waals surface area (Å²) in [4.78, 5) is 3.45. The van der Waals surface area contributed by atoms with Gasteiger partial charge in [-0.2, -0.15) is 5.43 Å². The molecule has 1 atom stereocenters. The molecule has 0 radical (unpaired) electrons. The molecular formula is C2H6N4O2S. The van der Waals surface area contributed by atoms with Gasteiger partial charge in [-0.25, -0.2) is 18.5 Å². The van der Waals surface area contributed by atoms with Crippen molar-refractivity contribution in [3.8, 4) is 0 Å². The second kappa shape index (κ2) is 1.94. The minimum absolute atomic E-state index is 1.03. The van der Waals surface area contributed by atoms with Crippen LogP contribution in [0.15, 0.2) is 4.99 Å². The van der Waals surface area contributed by atoms with Crippen molar-refractivity contribution in [2.75, 3.05) is 0 Å². The smallest absolute Gasteiger partial charge is 0.247 e. The zero-order chi connectivity index (χ0) is 6.91. The van der Waals surface area contributed by atoms with Gasteiger partial charge in [0.15, 0.2) is 0 Å². The fourth-order valence-corrected chi connectivity index (χ4v) is 0.881. The lowest BCUT2D eigenvalue weighted by atomic mass is 11.2. The molecule has 1 unspecified atom stereocenters. The molecule has 0 aliphatic carbocycles. The van der Waals surface area contributed by atoms with Gasteiger partial charge in [0, 0.05) is 0 Å². The third-order valence-electron chi connectivity index (χ3n) is 0.792. The summed E-state index contributed by atoms with van der Waals surface area (Å²) in [5.41, 5.74) is 3.66. The molecule has 1 rings (SSSR count). The topological polar surface area (TPSA) is 96.6 Å². The largest absolute Gasteiger partial charge is 0.309 e. The van der Waals surface area contributed by atoms with Crippen LogP contribution in [-0.2, 0) is 10.0 Å². The number of nitrogens with one attached hydrogen (secondary N) is 2. The molecular weight excluding hydrogens is 144 g/mol. The maximum atomic E-state index is 10.4. The standard InChI is InChI=1S/C2H6N4O2S/c3-9(7,8)2-4-1-5-6-2/h1-2,6H,(H,4,5)(H2,3,7,8). The minimum atomic E-state index is -3.57. The van der Waals surface area contributed by atoms with Crippen LogP contribution in [0.2, 0.25) is 0 Å². The van der Waals surface area contributed by atoms with Crippen molar-refractivity contribution in [3.05, 3.63) is 0 Å². The zero-order valence-corrected chi connectivity index (χ0v) is 5.22. The summed E-state index contributed by atoms with van der Waals surface area (Å²) in [6.07, 6.45) is 1.23. The van der Waals surface area contributed by atoms with Gasteiger partial charge >= 0.3 is 0 Å². The van der Waals surface area contributed by atoms with Crippen molar-refractivity contribution in [1.29, 1.82) is 0 Å². The minimum Gasteiger partial charge on any atom is -0.309 e. The predicted molar refractivity (Wildman–Crippen MR) is 31.7 cm³/mol. The van der Waals surface area contributed by atoms with Crippen molar-refractivity contribution in [3.63, 3.8) is 0 Å². The normalized spacial score (nSPS) is 26.1. The SMILES string of the molecule is NS(=O)(=O)C1N=CNN1. The summed E-state index contributed by atoms with van der Waals surface area (Å²) in [7, 11) is -3.57. The lowest BCUT2D eigenvalue weighted by Crippen LogP contribution is -2.40. The summed E-state index contributed by atoms with van der Waals surface area (Å²) >= 11 is 0. The number of nitrogens with two attached hydrogens (primary N) is 1. The van der Waals surface area contributed by atoms with Gasteiger partial charge in [0.05, 0.1) is 0 Å². The van der Waals surface area contributed by atoms with Crippen LogP contribution >= 0.6 is 0 Å². The third-order valence-corrected chi connectivity index (χ3v) is 1.65. The molecule has 0 aromatic rings. The van der Waals surface area contributed by atoms with Crippen molar-refractivity contribution in [2.24, 2.45) is 10.1 Å². The Labute approximate surface area is 52.2 Å². The van der Waals surface area contributed by atoms with E-state index in [0.29, 0.717) is 0 Å². The number of hydrogen-bond donors (Lipinski definition) is 3. The maximum absolute atomic E-state index is 10.4. The summed E-state index contributed by atoms with van der Waals surface area (Å²) in [6, 6.07) is 0. The van der Waals surface area contributed by atoms with Crippen molar-refractivity contribution >= 4 is 16.4 Å². The van der Waals surface area contributed by atoms with Gasteiger partial charge in [0.1, 0.15) is 6.34 Å². The molecule has 52 valence electrons. The Kier molecular flexibility index (Phi) is 1.39. The molecule has 0 aromatic heterocycles. The molecule has 0 amide bonds. The first-order valence-corrected chi connectivity index (χ1v) is 3.76. The second-order valence-electron chi connectivity index (χ2n) is 1.51. The number of aliphatic imine (C=N–C) groups is 1. The van der Waals surface area contributed by atoms with E-state index in [0.717, 1.165) is 0 Å². The van der Waals surface area contributed by atoms with Gasteiger partial charge in [-0.05, 0) is 0 Å². The van der Waals surface area contributed by atoms with E-state index < -0.39 is 15.5 Å². The molecule has 6 nitrogen and oxygen atoms in total. The number of primary sulfonamides is 1. The molecule has 4 N–H and O–H groups in total. The zero-order valence-electron chi connectivity index (χ0n) is 4.40. The van der Waals surface area contributed by atoms with Gasteiger partial charge in [-0.15, -0.1) is 0 Å². The number of rotatable bonds is 1. The monoisotopic (exact) mass is 150 g/mol. The van der Waals surface area contributed by atoms with Crippen LogP contribution in [0.3, 0.4) is 0 Å². The third kappa shape index (κ3) is 1.37. The van der Waals surface area contributed by atoms with E-state index in [-0.39, 0.29) is 0 Å². The molecule has 9 heavy (non-hydrogen) atoms. The number of sulfonamides is 1. The molecule has 1 heterocycles. The van der Waals surface area contributed by atoms with Crippen LogP contribution in [0.5, 0.6) is 0 Å².